The lowest BCUT2D eigenvalue weighted by atomic mass is 10.0. The molecule has 0 aliphatic rings. The van der Waals surface area contributed by atoms with E-state index >= 15 is 0 Å². The van der Waals surface area contributed by atoms with Crippen molar-refractivity contribution in [1.82, 2.24) is 5.32 Å². The molecule has 0 heterocycles. The summed E-state index contributed by atoms with van der Waals surface area (Å²) in [5.41, 5.74) is 5.08. The summed E-state index contributed by atoms with van der Waals surface area (Å²) < 4.78 is 0. The quantitative estimate of drug-likeness (QED) is 0.849. The molecule has 2 aromatic carbocycles. The molecule has 0 spiro atoms. The molecular weight excluding hydrogens is 258 g/mol. The second kappa shape index (κ2) is 7.39. The van der Waals surface area contributed by atoms with Crippen LogP contribution in [0, 0.1) is 13.8 Å². The standard InChI is InChI=1S/C19H25NO/c1-14-9-15(2)11-18(10-14)16(3)20-19(13-21)12-17-7-5-4-6-8-17/h4-11,16,19-21H,12-13H2,1-3H3/t16?,19-/m1/s1. The van der Waals surface area contributed by atoms with Gasteiger partial charge in [-0.1, -0.05) is 59.7 Å². The molecule has 0 aliphatic carbocycles. The minimum Gasteiger partial charge on any atom is -0.395 e. The fourth-order valence-electron chi connectivity index (χ4n) is 2.78. The van der Waals surface area contributed by atoms with Crippen molar-refractivity contribution in [3.8, 4) is 0 Å². The van der Waals surface area contributed by atoms with Gasteiger partial charge in [0.25, 0.3) is 0 Å². The maximum Gasteiger partial charge on any atom is 0.0588 e. The molecular formula is C19H25NO. The summed E-state index contributed by atoms with van der Waals surface area (Å²) in [6, 6.07) is 17.2. The van der Waals surface area contributed by atoms with Crippen molar-refractivity contribution in [2.45, 2.75) is 39.3 Å². The predicted octanol–water partition coefficient (Wildman–Crippen LogP) is 3.56. The third kappa shape index (κ3) is 4.69. The average molecular weight is 283 g/mol. The van der Waals surface area contributed by atoms with Crippen LogP contribution in [-0.4, -0.2) is 17.8 Å². The van der Waals surface area contributed by atoms with E-state index in [1.54, 1.807) is 0 Å². The first-order valence-electron chi connectivity index (χ1n) is 7.57. The Balaban J connectivity index is 2.03. The van der Waals surface area contributed by atoms with Crippen molar-refractivity contribution < 1.29 is 5.11 Å². The lowest BCUT2D eigenvalue weighted by Crippen LogP contribution is -2.36. The molecule has 0 radical (unpaired) electrons. The Kier molecular flexibility index (Phi) is 5.54. The Morgan fingerprint density at radius 1 is 1.00 bits per heavy atom. The Morgan fingerprint density at radius 2 is 1.62 bits per heavy atom. The zero-order valence-electron chi connectivity index (χ0n) is 13.1. The van der Waals surface area contributed by atoms with Crippen molar-refractivity contribution in [2.24, 2.45) is 0 Å². The van der Waals surface area contributed by atoms with Crippen molar-refractivity contribution in [3.63, 3.8) is 0 Å². The van der Waals surface area contributed by atoms with Gasteiger partial charge in [-0.05, 0) is 38.3 Å². The van der Waals surface area contributed by atoms with Crippen LogP contribution in [0.25, 0.3) is 0 Å². The molecule has 2 nitrogen and oxygen atoms in total. The SMILES string of the molecule is Cc1cc(C)cc(C(C)N[C@@H](CO)Cc2ccccc2)c1. The normalized spacial score (nSPS) is 13.9. The first-order chi connectivity index (χ1) is 10.1. The minimum atomic E-state index is 0.0724. The Morgan fingerprint density at radius 3 is 2.19 bits per heavy atom. The van der Waals surface area contributed by atoms with Gasteiger partial charge in [-0.25, -0.2) is 0 Å². The van der Waals surface area contributed by atoms with Gasteiger partial charge in [0, 0.05) is 12.1 Å². The molecule has 0 aromatic heterocycles. The second-order valence-electron chi connectivity index (χ2n) is 5.88. The van der Waals surface area contributed by atoms with Crippen LogP contribution in [0.4, 0.5) is 0 Å². The van der Waals surface area contributed by atoms with Crippen LogP contribution < -0.4 is 5.32 Å². The monoisotopic (exact) mass is 283 g/mol. The van der Waals surface area contributed by atoms with Crippen molar-refractivity contribution in [2.75, 3.05) is 6.61 Å². The summed E-state index contributed by atoms with van der Waals surface area (Å²) in [4.78, 5) is 0. The summed E-state index contributed by atoms with van der Waals surface area (Å²) in [7, 11) is 0. The third-order valence-corrected chi connectivity index (χ3v) is 3.78. The molecule has 0 aliphatic heterocycles. The van der Waals surface area contributed by atoms with E-state index in [9.17, 15) is 5.11 Å². The van der Waals surface area contributed by atoms with Crippen molar-refractivity contribution in [1.29, 1.82) is 0 Å². The molecule has 2 N–H and O–H groups in total. The average Bonchev–Trinajstić information content (AvgIpc) is 2.46. The van der Waals surface area contributed by atoms with Crippen molar-refractivity contribution in [3.05, 3.63) is 70.8 Å². The van der Waals surface area contributed by atoms with Crippen LogP contribution in [0.2, 0.25) is 0 Å². The largest absolute Gasteiger partial charge is 0.395 e. The molecule has 1 unspecified atom stereocenters. The summed E-state index contributed by atoms with van der Waals surface area (Å²) >= 11 is 0. The number of benzene rings is 2. The van der Waals surface area contributed by atoms with Gasteiger partial charge in [-0.2, -0.15) is 0 Å². The van der Waals surface area contributed by atoms with Gasteiger partial charge >= 0.3 is 0 Å². The Labute approximate surface area is 127 Å². The first-order valence-corrected chi connectivity index (χ1v) is 7.57. The first kappa shape index (κ1) is 15.7. The summed E-state index contributed by atoms with van der Waals surface area (Å²) in [6.45, 7) is 6.54. The van der Waals surface area contributed by atoms with Gasteiger partial charge < -0.3 is 10.4 Å². The molecule has 2 atom stereocenters. The highest BCUT2D eigenvalue weighted by Gasteiger charge is 2.13. The second-order valence-corrected chi connectivity index (χ2v) is 5.88. The van der Waals surface area contributed by atoms with Crippen LogP contribution in [0.3, 0.4) is 0 Å². The van der Waals surface area contributed by atoms with Gasteiger partial charge in [0.15, 0.2) is 0 Å². The number of rotatable bonds is 6. The van der Waals surface area contributed by atoms with E-state index in [-0.39, 0.29) is 18.7 Å². The fourth-order valence-corrected chi connectivity index (χ4v) is 2.78. The molecule has 0 saturated carbocycles. The minimum absolute atomic E-state index is 0.0724. The van der Waals surface area contributed by atoms with Gasteiger partial charge in [0.2, 0.25) is 0 Å². The zero-order chi connectivity index (χ0) is 15.2. The van der Waals surface area contributed by atoms with Gasteiger partial charge in [0.05, 0.1) is 6.61 Å². The lowest BCUT2D eigenvalue weighted by molar-refractivity contribution is 0.232. The molecule has 2 rings (SSSR count). The molecule has 2 heteroatoms. The number of aliphatic hydroxyl groups is 1. The highest BCUT2D eigenvalue weighted by molar-refractivity contribution is 5.30. The highest BCUT2D eigenvalue weighted by atomic mass is 16.3. The maximum absolute atomic E-state index is 9.63. The topological polar surface area (TPSA) is 32.3 Å². The van der Waals surface area contributed by atoms with Gasteiger partial charge in [-0.3, -0.25) is 0 Å². The smallest absolute Gasteiger partial charge is 0.0588 e. The third-order valence-electron chi connectivity index (χ3n) is 3.78. The molecule has 2 aromatic rings. The van der Waals surface area contributed by atoms with Crippen molar-refractivity contribution >= 4 is 0 Å². The maximum atomic E-state index is 9.63. The zero-order valence-corrected chi connectivity index (χ0v) is 13.1. The van der Waals surface area contributed by atoms with Crippen LogP contribution in [0.1, 0.15) is 35.2 Å². The van der Waals surface area contributed by atoms with E-state index in [2.05, 4.69) is 56.4 Å². The number of aliphatic hydroxyl groups excluding tert-OH is 1. The van der Waals surface area contributed by atoms with E-state index in [0.29, 0.717) is 0 Å². The summed E-state index contributed by atoms with van der Waals surface area (Å²) in [5.74, 6) is 0. The Hall–Kier alpha value is -1.64. The van der Waals surface area contributed by atoms with E-state index in [0.717, 1.165) is 6.42 Å². The van der Waals surface area contributed by atoms with Gasteiger partial charge in [0.1, 0.15) is 0 Å². The fraction of sp³-hybridized carbons (Fsp3) is 0.368. The van der Waals surface area contributed by atoms with E-state index in [4.69, 9.17) is 0 Å². The Bertz CT molecular complexity index is 545. The lowest BCUT2D eigenvalue weighted by Gasteiger charge is -2.23. The number of hydrogen-bond acceptors (Lipinski definition) is 2. The van der Waals surface area contributed by atoms with Crippen LogP contribution >= 0.6 is 0 Å². The van der Waals surface area contributed by atoms with E-state index in [1.165, 1.54) is 22.3 Å². The van der Waals surface area contributed by atoms with E-state index < -0.39 is 0 Å². The van der Waals surface area contributed by atoms with Crippen LogP contribution in [-0.2, 0) is 6.42 Å². The van der Waals surface area contributed by atoms with E-state index in [1.807, 2.05) is 18.2 Å². The predicted molar refractivity (Wildman–Crippen MR) is 88.5 cm³/mol. The number of nitrogens with one attached hydrogen (secondary N) is 1. The number of hydrogen-bond donors (Lipinski definition) is 2. The van der Waals surface area contributed by atoms with Crippen LogP contribution in [0.5, 0.6) is 0 Å². The molecule has 112 valence electrons. The molecule has 0 fully saturated rings. The van der Waals surface area contributed by atoms with Gasteiger partial charge in [-0.15, -0.1) is 0 Å². The molecule has 0 bridgehead atoms. The molecule has 0 amide bonds. The highest BCUT2D eigenvalue weighted by Crippen LogP contribution is 2.17. The van der Waals surface area contributed by atoms with Crippen LogP contribution in [0.15, 0.2) is 48.5 Å². The summed E-state index contributed by atoms with van der Waals surface area (Å²) in [6.07, 6.45) is 0.840. The molecule has 21 heavy (non-hydrogen) atoms. The summed E-state index contributed by atoms with van der Waals surface area (Å²) in [5, 5.41) is 13.2. The molecule has 0 saturated heterocycles. The number of aryl methyl sites for hydroxylation is 2.